The van der Waals surface area contributed by atoms with Crippen molar-refractivity contribution in [1.82, 2.24) is 0 Å². The number of aliphatic carboxylic acids is 1. The Balaban J connectivity index is 1.72. The molecule has 0 aliphatic rings. The fourth-order valence-electron chi connectivity index (χ4n) is 3.87. The van der Waals surface area contributed by atoms with Gasteiger partial charge in [0.15, 0.2) is 0 Å². The SMILES string of the molecule is COC(=O)C(c1cc2cc(-c3ccc(F)cc3)ccc2o1)C(Cc1ccc(F)cc1)C(=O)O. The van der Waals surface area contributed by atoms with Gasteiger partial charge >= 0.3 is 11.9 Å². The Morgan fingerprint density at radius 1 is 0.909 bits per heavy atom. The summed E-state index contributed by atoms with van der Waals surface area (Å²) in [5, 5.41) is 10.6. The van der Waals surface area contributed by atoms with Crippen LogP contribution in [0.1, 0.15) is 17.2 Å². The highest BCUT2D eigenvalue weighted by Gasteiger charge is 2.38. The maximum atomic E-state index is 13.3. The lowest BCUT2D eigenvalue weighted by Gasteiger charge is -2.20. The van der Waals surface area contributed by atoms with Gasteiger partial charge in [0.25, 0.3) is 0 Å². The van der Waals surface area contributed by atoms with E-state index >= 15 is 0 Å². The molecule has 1 aromatic heterocycles. The van der Waals surface area contributed by atoms with Crippen molar-refractivity contribution in [3.63, 3.8) is 0 Å². The van der Waals surface area contributed by atoms with Crippen LogP contribution in [0.25, 0.3) is 22.1 Å². The standard InChI is InChI=1S/C26H20F2O5/c1-32-26(31)24(21(25(29)30)12-15-2-7-19(27)8-3-15)23-14-18-13-17(6-11-22(18)33-23)16-4-9-20(28)10-5-16/h2-11,13-14,21,24H,12H2,1H3,(H,29,30). The van der Waals surface area contributed by atoms with Crippen LogP contribution in [0, 0.1) is 17.6 Å². The summed E-state index contributed by atoms with van der Waals surface area (Å²) in [7, 11) is 1.18. The smallest absolute Gasteiger partial charge is 0.317 e. The molecular weight excluding hydrogens is 430 g/mol. The molecule has 0 aliphatic heterocycles. The number of carboxylic acids is 1. The van der Waals surface area contributed by atoms with Gasteiger partial charge in [0, 0.05) is 5.39 Å². The zero-order valence-electron chi connectivity index (χ0n) is 17.6. The predicted octanol–water partition coefficient (Wildman–Crippen LogP) is 5.58. The maximum absolute atomic E-state index is 13.3. The second kappa shape index (κ2) is 9.24. The second-order valence-electron chi connectivity index (χ2n) is 7.68. The number of hydrogen-bond acceptors (Lipinski definition) is 4. The molecule has 0 bridgehead atoms. The number of furan rings is 1. The summed E-state index contributed by atoms with van der Waals surface area (Å²) in [6, 6.07) is 18.4. The molecule has 7 heteroatoms. The van der Waals surface area contributed by atoms with Crippen LogP contribution >= 0.6 is 0 Å². The van der Waals surface area contributed by atoms with Crippen molar-refractivity contribution in [2.75, 3.05) is 7.11 Å². The first-order chi connectivity index (χ1) is 15.9. The minimum absolute atomic E-state index is 0.0206. The molecule has 1 N–H and O–H groups in total. The minimum atomic E-state index is -1.21. The Kier molecular flexibility index (Phi) is 6.22. The molecule has 2 atom stereocenters. The summed E-state index contributed by atoms with van der Waals surface area (Å²) >= 11 is 0. The van der Waals surface area contributed by atoms with Gasteiger partial charge in [0.1, 0.15) is 28.9 Å². The van der Waals surface area contributed by atoms with Crippen molar-refractivity contribution in [3.8, 4) is 11.1 Å². The van der Waals surface area contributed by atoms with Gasteiger partial charge in [-0.05, 0) is 65.6 Å². The number of carbonyl (C=O) groups excluding carboxylic acids is 1. The molecule has 0 spiro atoms. The third kappa shape index (κ3) is 4.77. The van der Waals surface area contributed by atoms with Crippen molar-refractivity contribution < 1.29 is 32.6 Å². The third-order valence-corrected chi connectivity index (χ3v) is 5.56. The fraction of sp³-hybridized carbons (Fsp3) is 0.154. The van der Waals surface area contributed by atoms with Crippen LogP contribution in [-0.4, -0.2) is 24.2 Å². The molecule has 0 amide bonds. The van der Waals surface area contributed by atoms with E-state index in [2.05, 4.69) is 0 Å². The van der Waals surface area contributed by atoms with Crippen LogP contribution in [0.2, 0.25) is 0 Å². The number of esters is 1. The topological polar surface area (TPSA) is 76.7 Å². The average Bonchev–Trinajstić information content (AvgIpc) is 3.23. The first-order valence-electron chi connectivity index (χ1n) is 10.2. The van der Waals surface area contributed by atoms with Crippen molar-refractivity contribution in [2.24, 2.45) is 5.92 Å². The van der Waals surface area contributed by atoms with Crippen LogP contribution in [0.15, 0.2) is 77.2 Å². The summed E-state index contributed by atoms with van der Waals surface area (Å²) in [6.07, 6.45) is -0.0206. The van der Waals surface area contributed by atoms with Gasteiger partial charge in [0.2, 0.25) is 0 Å². The Hall–Kier alpha value is -4.00. The highest BCUT2D eigenvalue weighted by molar-refractivity contribution is 5.89. The number of rotatable bonds is 7. The van der Waals surface area contributed by atoms with Crippen molar-refractivity contribution in [3.05, 3.63) is 95.8 Å². The molecule has 33 heavy (non-hydrogen) atoms. The summed E-state index contributed by atoms with van der Waals surface area (Å²) in [5.74, 6) is -4.98. The zero-order valence-corrected chi connectivity index (χ0v) is 17.6. The number of benzene rings is 3. The van der Waals surface area contributed by atoms with Gasteiger partial charge < -0.3 is 14.3 Å². The van der Waals surface area contributed by atoms with Gasteiger partial charge in [0.05, 0.1) is 13.0 Å². The molecule has 4 rings (SSSR count). The van der Waals surface area contributed by atoms with E-state index in [4.69, 9.17) is 9.15 Å². The quantitative estimate of drug-likeness (QED) is 0.372. The Morgan fingerprint density at radius 2 is 1.52 bits per heavy atom. The van der Waals surface area contributed by atoms with E-state index in [0.29, 0.717) is 16.5 Å². The van der Waals surface area contributed by atoms with Gasteiger partial charge in [-0.2, -0.15) is 0 Å². The van der Waals surface area contributed by atoms with E-state index in [1.54, 1.807) is 30.3 Å². The largest absolute Gasteiger partial charge is 0.481 e. The number of hydrogen-bond donors (Lipinski definition) is 1. The molecule has 3 aromatic carbocycles. The van der Waals surface area contributed by atoms with E-state index in [0.717, 1.165) is 11.1 Å². The van der Waals surface area contributed by atoms with Crippen molar-refractivity contribution in [2.45, 2.75) is 12.3 Å². The molecule has 4 aromatic rings. The maximum Gasteiger partial charge on any atom is 0.317 e. The van der Waals surface area contributed by atoms with Crippen molar-refractivity contribution >= 4 is 22.9 Å². The molecule has 0 radical (unpaired) electrons. The van der Waals surface area contributed by atoms with Gasteiger partial charge in [-0.15, -0.1) is 0 Å². The van der Waals surface area contributed by atoms with Gasteiger partial charge in [-0.1, -0.05) is 30.3 Å². The van der Waals surface area contributed by atoms with Gasteiger partial charge in [-0.3, -0.25) is 9.59 Å². The highest BCUT2D eigenvalue weighted by Crippen LogP contribution is 2.35. The normalized spacial score (nSPS) is 12.9. The summed E-state index contributed by atoms with van der Waals surface area (Å²) in [4.78, 5) is 24.8. The second-order valence-corrected chi connectivity index (χ2v) is 7.68. The number of halogens is 2. The van der Waals surface area contributed by atoms with E-state index < -0.39 is 29.6 Å². The highest BCUT2D eigenvalue weighted by atomic mass is 19.1. The molecule has 168 valence electrons. The van der Waals surface area contributed by atoms with Crippen LogP contribution < -0.4 is 0 Å². The lowest BCUT2D eigenvalue weighted by atomic mass is 9.85. The zero-order chi connectivity index (χ0) is 23.5. The lowest BCUT2D eigenvalue weighted by molar-refractivity contribution is -0.152. The van der Waals surface area contributed by atoms with Crippen LogP contribution in [0.5, 0.6) is 0 Å². The third-order valence-electron chi connectivity index (χ3n) is 5.56. The number of fused-ring (bicyclic) bond motifs is 1. The van der Waals surface area contributed by atoms with Crippen LogP contribution in [0.3, 0.4) is 0 Å². The molecule has 1 heterocycles. The van der Waals surface area contributed by atoms with E-state index in [-0.39, 0.29) is 18.0 Å². The van der Waals surface area contributed by atoms with Crippen LogP contribution in [-0.2, 0) is 20.7 Å². The van der Waals surface area contributed by atoms with Gasteiger partial charge in [-0.25, -0.2) is 8.78 Å². The van der Waals surface area contributed by atoms with E-state index in [1.165, 1.54) is 43.5 Å². The predicted molar refractivity (Wildman–Crippen MR) is 118 cm³/mol. The number of ether oxygens (including phenoxy) is 1. The summed E-state index contributed by atoms with van der Waals surface area (Å²) in [5.41, 5.74) is 2.64. The molecule has 0 saturated heterocycles. The molecule has 0 saturated carbocycles. The molecule has 5 nitrogen and oxygen atoms in total. The fourth-order valence-corrected chi connectivity index (χ4v) is 3.87. The minimum Gasteiger partial charge on any atom is -0.481 e. The lowest BCUT2D eigenvalue weighted by Crippen LogP contribution is -2.30. The number of carboxylic acid groups (broad SMARTS) is 1. The van der Waals surface area contributed by atoms with E-state index in [9.17, 15) is 23.5 Å². The molecule has 0 aliphatic carbocycles. The van der Waals surface area contributed by atoms with Crippen LogP contribution in [0.4, 0.5) is 8.78 Å². The average molecular weight is 450 g/mol. The Morgan fingerprint density at radius 3 is 2.12 bits per heavy atom. The number of methoxy groups -OCH3 is 1. The molecule has 0 fully saturated rings. The molecular formula is C26H20F2O5. The Bertz CT molecular complexity index is 1290. The first-order valence-corrected chi connectivity index (χ1v) is 10.2. The summed E-state index contributed by atoms with van der Waals surface area (Å²) in [6.45, 7) is 0. The number of carbonyl (C=O) groups is 2. The first kappa shape index (κ1) is 22.2. The van der Waals surface area contributed by atoms with Crippen molar-refractivity contribution in [1.29, 1.82) is 0 Å². The van der Waals surface area contributed by atoms with E-state index in [1.807, 2.05) is 6.07 Å². The Labute approximate surface area is 188 Å². The summed E-state index contributed by atoms with van der Waals surface area (Å²) < 4.78 is 37.3. The molecule has 2 unspecified atom stereocenters. The monoisotopic (exact) mass is 450 g/mol.